The van der Waals surface area contributed by atoms with Gasteiger partial charge in [0.25, 0.3) is 0 Å². The van der Waals surface area contributed by atoms with E-state index in [1.54, 1.807) is 19.1 Å². The molecule has 0 aliphatic rings. The van der Waals surface area contributed by atoms with Crippen molar-refractivity contribution in [3.63, 3.8) is 0 Å². The standard InChI is InChI=1S/C14H16FNO3/c1-3-19-14(18)10-16(2)13(17)8-7-11-5-4-6-12(15)9-11/h4-9H,3,10H2,1-2H3/b8-7+. The van der Waals surface area contributed by atoms with Crippen molar-refractivity contribution in [2.45, 2.75) is 6.92 Å². The van der Waals surface area contributed by atoms with Crippen LogP contribution in [0, 0.1) is 5.82 Å². The SMILES string of the molecule is CCOC(=O)CN(C)C(=O)/C=C/c1cccc(F)c1. The molecule has 0 fully saturated rings. The minimum absolute atomic E-state index is 0.111. The molecule has 0 heterocycles. The van der Waals surface area contributed by atoms with Gasteiger partial charge in [0.2, 0.25) is 5.91 Å². The Bertz CT molecular complexity index is 485. The van der Waals surface area contributed by atoms with Crippen molar-refractivity contribution in [1.82, 2.24) is 4.90 Å². The van der Waals surface area contributed by atoms with Crippen LogP contribution < -0.4 is 0 Å². The van der Waals surface area contributed by atoms with E-state index in [2.05, 4.69) is 0 Å². The molecule has 0 aliphatic carbocycles. The van der Waals surface area contributed by atoms with E-state index in [0.29, 0.717) is 5.56 Å². The summed E-state index contributed by atoms with van der Waals surface area (Å²) in [6.45, 7) is 1.86. The first-order chi connectivity index (χ1) is 9.02. The summed E-state index contributed by atoms with van der Waals surface area (Å²) in [6.07, 6.45) is 2.78. The number of rotatable bonds is 5. The Balaban J connectivity index is 2.56. The lowest BCUT2D eigenvalue weighted by Crippen LogP contribution is -2.31. The lowest BCUT2D eigenvalue weighted by atomic mass is 10.2. The van der Waals surface area contributed by atoms with E-state index in [-0.39, 0.29) is 24.9 Å². The highest BCUT2D eigenvalue weighted by atomic mass is 19.1. The van der Waals surface area contributed by atoms with E-state index in [1.165, 1.54) is 36.2 Å². The van der Waals surface area contributed by atoms with Crippen molar-refractivity contribution in [1.29, 1.82) is 0 Å². The topological polar surface area (TPSA) is 46.6 Å². The van der Waals surface area contributed by atoms with Gasteiger partial charge in [-0.15, -0.1) is 0 Å². The molecule has 0 aliphatic heterocycles. The number of carbonyl (C=O) groups is 2. The van der Waals surface area contributed by atoms with E-state index in [4.69, 9.17) is 4.74 Å². The molecular formula is C14H16FNO3. The minimum atomic E-state index is -0.461. The van der Waals surface area contributed by atoms with Crippen LogP contribution in [0.2, 0.25) is 0 Å². The van der Waals surface area contributed by atoms with Gasteiger partial charge in [0.1, 0.15) is 12.4 Å². The molecule has 1 amide bonds. The Morgan fingerprint density at radius 2 is 2.16 bits per heavy atom. The number of hydrogen-bond donors (Lipinski definition) is 0. The molecule has 0 bridgehead atoms. The monoisotopic (exact) mass is 265 g/mol. The molecule has 0 saturated heterocycles. The van der Waals surface area contributed by atoms with Crippen molar-refractivity contribution >= 4 is 18.0 Å². The fourth-order valence-corrected chi connectivity index (χ4v) is 1.38. The highest BCUT2D eigenvalue weighted by Crippen LogP contribution is 2.05. The van der Waals surface area contributed by atoms with Gasteiger partial charge in [0.05, 0.1) is 6.61 Å². The van der Waals surface area contributed by atoms with Crippen molar-refractivity contribution in [3.05, 3.63) is 41.7 Å². The summed E-state index contributed by atoms with van der Waals surface area (Å²) in [6, 6.07) is 5.88. The molecule has 102 valence electrons. The smallest absolute Gasteiger partial charge is 0.325 e. The maximum Gasteiger partial charge on any atom is 0.325 e. The number of amides is 1. The highest BCUT2D eigenvalue weighted by molar-refractivity contribution is 5.93. The molecule has 0 N–H and O–H groups in total. The largest absolute Gasteiger partial charge is 0.465 e. The molecule has 0 aromatic heterocycles. The van der Waals surface area contributed by atoms with Gasteiger partial charge >= 0.3 is 5.97 Å². The first-order valence-electron chi connectivity index (χ1n) is 5.87. The van der Waals surface area contributed by atoms with E-state index in [9.17, 15) is 14.0 Å². The number of halogens is 1. The molecule has 1 aromatic carbocycles. The fraction of sp³-hybridized carbons (Fsp3) is 0.286. The van der Waals surface area contributed by atoms with Gasteiger partial charge in [-0.3, -0.25) is 9.59 Å². The van der Waals surface area contributed by atoms with Gasteiger partial charge in [-0.25, -0.2) is 4.39 Å². The van der Waals surface area contributed by atoms with Crippen molar-refractivity contribution in [3.8, 4) is 0 Å². The van der Waals surface area contributed by atoms with Crippen LogP contribution in [0.4, 0.5) is 4.39 Å². The summed E-state index contributed by atoms with van der Waals surface area (Å²) in [7, 11) is 1.50. The summed E-state index contributed by atoms with van der Waals surface area (Å²) in [5.74, 6) is -1.18. The van der Waals surface area contributed by atoms with Crippen LogP contribution in [0.3, 0.4) is 0 Å². The van der Waals surface area contributed by atoms with Crippen molar-refractivity contribution in [2.24, 2.45) is 0 Å². The maximum absolute atomic E-state index is 12.9. The number of likely N-dealkylation sites (N-methyl/N-ethyl adjacent to an activating group) is 1. The normalized spacial score (nSPS) is 10.5. The van der Waals surface area contributed by atoms with Crippen LogP contribution in [0.1, 0.15) is 12.5 Å². The second-order valence-electron chi connectivity index (χ2n) is 3.89. The zero-order valence-corrected chi connectivity index (χ0v) is 10.9. The molecule has 1 rings (SSSR count). The predicted octanol–water partition coefficient (Wildman–Crippen LogP) is 1.86. The van der Waals surface area contributed by atoms with Crippen LogP contribution in [-0.2, 0) is 14.3 Å². The lowest BCUT2D eigenvalue weighted by molar-refractivity contribution is -0.146. The Hall–Kier alpha value is -2.17. The number of ether oxygens (including phenoxy) is 1. The summed E-state index contributed by atoms with van der Waals surface area (Å²) < 4.78 is 17.7. The van der Waals surface area contributed by atoms with Gasteiger partial charge in [-0.1, -0.05) is 12.1 Å². The van der Waals surface area contributed by atoms with Gasteiger partial charge < -0.3 is 9.64 Å². The highest BCUT2D eigenvalue weighted by Gasteiger charge is 2.10. The van der Waals surface area contributed by atoms with E-state index in [1.807, 2.05) is 0 Å². The Morgan fingerprint density at radius 1 is 1.42 bits per heavy atom. The quantitative estimate of drug-likeness (QED) is 0.603. The molecular weight excluding hydrogens is 249 g/mol. The average Bonchev–Trinajstić information content (AvgIpc) is 2.36. The Kier molecular flexibility index (Phi) is 5.73. The molecule has 4 nitrogen and oxygen atoms in total. The fourth-order valence-electron chi connectivity index (χ4n) is 1.38. The van der Waals surface area contributed by atoms with Crippen LogP contribution in [-0.4, -0.2) is 37.0 Å². The molecule has 0 unspecified atom stereocenters. The minimum Gasteiger partial charge on any atom is -0.465 e. The summed E-state index contributed by atoms with van der Waals surface area (Å²) in [5, 5.41) is 0. The van der Waals surface area contributed by atoms with Crippen LogP contribution >= 0.6 is 0 Å². The number of esters is 1. The first-order valence-corrected chi connectivity index (χ1v) is 5.87. The third-order valence-electron chi connectivity index (χ3n) is 2.31. The predicted molar refractivity (Wildman–Crippen MR) is 69.7 cm³/mol. The number of nitrogens with zero attached hydrogens (tertiary/aromatic N) is 1. The van der Waals surface area contributed by atoms with Crippen molar-refractivity contribution < 1.29 is 18.7 Å². The molecule has 0 spiro atoms. The summed E-state index contributed by atoms with van der Waals surface area (Å²) >= 11 is 0. The Labute approximate surface area is 111 Å². The molecule has 0 saturated carbocycles. The molecule has 5 heteroatoms. The second-order valence-corrected chi connectivity index (χ2v) is 3.89. The van der Waals surface area contributed by atoms with E-state index >= 15 is 0 Å². The molecule has 1 aromatic rings. The summed E-state index contributed by atoms with van der Waals surface area (Å²) in [5.41, 5.74) is 0.581. The zero-order valence-electron chi connectivity index (χ0n) is 10.9. The number of hydrogen-bond acceptors (Lipinski definition) is 3. The van der Waals surface area contributed by atoms with Gasteiger partial charge in [-0.05, 0) is 30.7 Å². The molecule has 0 atom stereocenters. The molecule has 0 radical (unpaired) electrons. The number of benzene rings is 1. The third kappa shape index (κ3) is 5.33. The van der Waals surface area contributed by atoms with Gasteiger partial charge in [0, 0.05) is 13.1 Å². The average molecular weight is 265 g/mol. The third-order valence-corrected chi connectivity index (χ3v) is 2.31. The lowest BCUT2D eigenvalue weighted by Gasteiger charge is -2.13. The first kappa shape index (κ1) is 14.9. The van der Waals surface area contributed by atoms with Crippen molar-refractivity contribution in [2.75, 3.05) is 20.2 Å². The number of carbonyl (C=O) groups excluding carboxylic acids is 2. The van der Waals surface area contributed by atoms with Gasteiger partial charge in [-0.2, -0.15) is 0 Å². The van der Waals surface area contributed by atoms with E-state index in [0.717, 1.165) is 0 Å². The van der Waals surface area contributed by atoms with E-state index < -0.39 is 5.97 Å². The maximum atomic E-state index is 12.9. The van der Waals surface area contributed by atoms with Crippen LogP contribution in [0.25, 0.3) is 6.08 Å². The van der Waals surface area contributed by atoms with Crippen LogP contribution in [0.5, 0.6) is 0 Å². The Morgan fingerprint density at radius 3 is 2.79 bits per heavy atom. The van der Waals surface area contributed by atoms with Crippen LogP contribution in [0.15, 0.2) is 30.3 Å². The summed E-state index contributed by atoms with van der Waals surface area (Å²) in [4.78, 5) is 24.1. The molecule has 19 heavy (non-hydrogen) atoms. The second kappa shape index (κ2) is 7.31. The zero-order chi connectivity index (χ0) is 14.3. The van der Waals surface area contributed by atoms with Gasteiger partial charge in [0.15, 0.2) is 0 Å².